The van der Waals surface area contributed by atoms with E-state index in [1.54, 1.807) is 0 Å². The minimum atomic E-state index is -4.08. The third-order valence-corrected chi connectivity index (χ3v) is 4.64. The summed E-state index contributed by atoms with van der Waals surface area (Å²) in [6.45, 7) is 4.57. The highest BCUT2D eigenvalue weighted by Gasteiger charge is 2.24. The van der Waals surface area contributed by atoms with Crippen LogP contribution in [0.3, 0.4) is 0 Å². The van der Waals surface area contributed by atoms with Gasteiger partial charge in [-0.05, 0) is 37.1 Å². The number of amides is 3. The summed E-state index contributed by atoms with van der Waals surface area (Å²) in [6, 6.07) is 1.98. The smallest absolute Gasteiger partial charge is 0.324 e. The first kappa shape index (κ1) is 22.5. The second kappa shape index (κ2) is 9.97. The number of esters is 1. The first-order valence-electron chi connectivity index (χ1n) is 8.03. The number of sulfonamides is 1. The summed E-state index contributed by atoms with van der Waals surface area (Å²) in [7, 11) is -4.08. The van der Waals surface area contributed by atoms with Crippen LogP contribution in [0, 0.1) is 11.7 Å². The molecule has 3 amide bonds. The molecular weight excluding hydrogens is 381 g/mol. The molecule has 0 aliphatic rings. The van der Waals surface area contributed by atoms with Crippen molar-refractivity contribution < 1.29 is 31.9 Å². The van der Waals surface area contributed by atoms with Gasteiger partial charge in [-0.3, -0.25) is 14.9 Å². The molecule has 0 radical (unpaired) electrons. The number of urea groups is 1. The van der Waals surface area contributed by atoms with E-state index < -0.39 is 46.4 Å². The van der Waals surface area contributed by atoms with Gasteiger partial charge in [-0.25, -0.2) is 17.6 Å². The molecule has 0 saturated carbocycles. The van der Waals surface area contributed by atoms with Crippen LogP contribution in [0.15, 0.2) is 29.2 Å². The molecule has 1 aromatic carbocycles. The van der Waals surface area contributed by atoms with Gasteiger partial charge in [0.25, 0.3) is 5.91 Å². The van der Waals surface area contributed by atoms with Gasteiger partial charge >= 0.3 is 12.0 Å². The Hall–Kier alpha value is -2.53. The molecule has 0 spiro atoms. The number of ether oxygens (including phenoxy) is 1. The second-order valence-electron chi connectivity index (χ2n) is 6.06. The fraction of sp³-hybridized carbons (Fsp3) is 0.438. The molecule has 11 heteroatoms. The molecule has 0 bridgehead atoms. The Labute approximate surface area is 156 Å². The van der Waals surface area contributed by atoms with Gasteiger partial charge < -0.3 is 10.1 Å². The van der Waals surface area contributed by atoms with Gasteiger partial charge in [0.05, 0.1) is 4.90 Å². The minimum Gasteiger partial charge on any atom is -0.454 e. The molecule has 0 heterocycles. The normalized spacial score (nSPS) is 12.3. The minimum absolute atomic E-state index is 0.193. The lowest BCUT2D eigenvalue weighted by Crippen LogP contribution is -2.44. The van der Waals surface area contributed by atoms with Crippen LogP contribution in [0.1, 0.15) is 20.8 Å². The van der Waals surface area contributed by atoms with Crippen LogP contribution < -0.4 is 15.4 Å². The van der Waals surface area contributed by atoms with Crippen LogP contribution in [0.4, 0.5) is 9.18 Å². The summed E-state index contributed by atoms with van der Waals surface area (Å²) >= 11 is 0. The molecular formula is C16H22FN3O6S. The van der Waals surface area contributed by atoms with Crippen molar-refractivity contribution in [2.45, 2.75) is 31.7 Å². The summed E-state index contributed by atoms with van der Waals surface area (Å²) in [5.74, 6) is -2.29. The van der Waals surface area contributed by atoms with Crippen LogP contribution in [0.2, 0.25) is 0 Å². The van der Waals surface area contributed by atoms with Crippen molar-refractivity contribution in [3.63, 3.8) is 0 Å². The van der Waals surface area contributed by atoms with Crippen molar-refractivity contribution in [2.75, 3.05) is 13.2 Å². The van der Waals surface area contributed by atoms with E-state index in [2.05, 4.69) is 14.8 Å². The summed E-state index contributed by atoms with van der Waals surface area (Å²) < 4.78 is 43.8. The van der Waals surface area contributed by atoms with Gasteiger partial charge in [0.1, 0.15) is 11.9 Å². The number of halogens is 1. The fourth-order valence-corrected chi connectivity index (χ4v) is 2.92. The molecule has 1 aromatic rings. The highest BCUT2D eigenvalue weighted by Crippen LogP contribution is 2.10. The number of carbonyl (C=O) groups excluding carboxylic acids is 3. The number of nitrogens with one attached hydrogen (secondary N) is 3. The van der Waals surface area contributed by atoms with E-state index in [1.165, 1.54) is 6.92 Å². The van der Waals surface area contributed by atoms with Crippen molar-refractivity contribution >= 4 is 27.9 Å². The highest BCUT2D eigenvalue weighted by atomic mass is 32.2. The van der Waals surface area contributed by atoms with Gasteiger partial charge in [-0.1, -0.05) is 13.8 Å². The predicted molar refractivity (Wildman–Crippen MR) is 93.5 cm³/mol. The SMILES string of the molecule is CC(C)CNC(=O)NC(=O)COC(=O)[C@H](C)NS(=O)(=O)c1ccc(F)cc1. The van der Waals surface area contributed by atoms with Gasteiger partial charge in [-0.15, -0.1) is 0 Å². The molecule has 150 valence electrons. The van der Waals surface area contributed by atoms with E-state index >= 15 is 0 Å². The van der Waals surface area contributed by atoms with E-state index in [0.717, 1.165) is 24.3 Å². The third kappa shape index (κ3) is 8.13. The van der Waals surface area contributed by atoms with E-state index in [1.807, 2.05) is 19.2 Å². The number of benzene rings is 1. The van der Waals surface area contributed by atoms with Crippen LogP contribution in [-0.2, 0) is 24.3 Å². The van der Waals surface area contributed by atoms with E-state index in [9.17, 15) is 27.2 Å². The zero-order valence-electron chi connectivity index (χ0n) is 15.1. The van der Waals surface area contributed by atoms with Crippen molar-refractivity contribution in [2.24, 2.45) is 5.92 Å². The Bertz CT molecular complexity index is 780. The quantitative estimate of drug-likeness (QED) is 0.543. The lowest BCUT2D eigenvalue weighted by molar-refractivity contribution is -0.149. The lowest BCUT2D eigenvalue weighted by Gasteiger charge is -2.14. The van der Waals surface area contributed by atoms with Gasteiger partial charge in [0.2, 0.25) is 10.0 Å². The first-order chi connectivity index (χ1) is 12.5. The van der Waals surface area contributed by atoms with Crippen LogP contribution in [0.25, 0.3) is 0 Å². The molecule has 27 heavy (non-hydrogen) atoms. The molecule has 0 aliphatic carbocycles. The van der Waals surface area contributed by atoms with Crippen molar-refractivity contribution in [1.82, 2.24) is 15.4 Å². The molecule has 1 rings (SSSR count). The maximum absolute atomic E-state index is 12.9. The van der Waals surface area contributed by atoms with E-state index in [0.29, 0.717) is 6.54 Å². The lowest BCUT2D eigenvalue weighted by atomic mass is 10.2. The zero-order valence-corrected chi connectivity index (χ0v) is 15.9. The van der Waals surface area contributed by atoms with Crippen LogP contribution in [-0.4, -0.2) is 45.5 Å². The molecule has 0 aliphatic heterocycles. The fourth-order valence-electron chi connectivity index (χ4n) is 1.73. The molecule has 3 N–H and O–H groups in total. The van der Waals surface area contributed by atoms with Gasteiger partial charge in [0.15, 0.2) is 6.61 Å². The standard InChI is InChI=1S/C16H22FN3O6S/c1-10(2)8-18-16(23)19-14(21)9-26-15(22)11(3)20-27(24,25)13-6-4-12(17)5-7-13/h4-7,10-11,20H,8-9H2,1-3H3,(H2,18,19,21,23)/t11-/m0/s1. The van der Waals surface area contributed by atoms with E-state index in [-0.39, 0.29) is 10.8 Å². The van der Waals surface area contributed by atoms with Crippen molar-refractivity contribution in [1.29, 1.82) is 0 Å². The van der Waals surface area contributed by atoms with Crippen molar-refractivity contribution in [3.05, 3.63) is 30.1 Å². The Morgan fingerprint density at radius 1 is 1.11 bits per heavy atom. The Morgan fingerprint density at radius 2 is 1.70 bits per heavy atom. The topological polar surface area (TPSA) is 131 Å². The average molecular weight is 403 g/mol. The first-order valence-corrected chi connectivity index (χ1v) is 9.52. The molecule has 1 atom stereocenters. The number of rotatable bonds is 8. The third-order valence-electron chi connectivity index (χ3n) is 3.08. The number of carbonyl (C=O) groups is 3. The molecule has 0 saturated heterocycles. The largest absolute Gasteiger partial charge is 0.454 e. The van der Waals surface area contributed by atoms with Crippen LogP contribution >= 0.6 is 0 Å². The average Bonchev–Trinajstić information content (AvgIpc) is 2.57. The van der Waals surface area contributed by atoms with Gasteiger partial charge in [0, 0.05) is 6.54 Å². The summed E-state index contributed by atoms with van der Waals surface area (Å²) in [5.41, 5.74) is 0. The maximum Gasteiger partial charge on any atom is 0.324 e. The maximum atomic E-state index is 12.9. The molecule has 0 aromatic heterocycles. The number of hydrogen-bond acceptors (Lipinski definition) is 6. The number of hydrogen-bond donors (Lipinski definition) is 3. The monoisotopic (exact) mass is 403 g/mol. The molecule has 9 nitrogen and oxygen atoms in total. The Balaban J connectivity index is 2.48. The molecule has 0 unspecified atom stereocenters. The summed E-state index contributed by atoms with van der Waals surface area (Å²) in [4.78, 5) is 34.5. The molecule has 0 fully saturated rings. The number of imide groups is 1. The second-order valence-corrected chi connectivity index (χ2v) is 7.77. The van der Waals surface area contributed by atoms with Gasteiger partial charge in [-0.2, -0.15) is 4.72 Å². The summed E-state index contributed by atoms with van der Waals surface area (Å²) in [6.07, 6.45) is 0. The highest BCUT2D eigenvalue weighted by molar-refractivity contribution is 7.89. The zero-order chi connectivity index (χ0) is 20.6. The Kier molecular flexibility index (Phi) is 8.32. The van der Waals surface area contributed by atoms with E-state index in [4.69, 9.17) is 0 Å². The van der Waals surface area contributed by atoms with Crippen molar-refractivity contribution in [3.8, 4) is 0 Å². The predicted octanol–water partition coefficient (Wildman–Crippen LogP) is 0.518. The Morgan fingerprint density at radius 3 is 2.26 bits per heavy atom. The van der Waals surface area contributed by atoms with Crippen LogP contribution in [0.5, 0.6) is 0 Å². The summed E-state index contributed by atoms with van der Waals surface area (Å²) in [5, 5.41) is 4.42.